The Bertz CT molecular complexity index is 632. The molecule has 1 aromatic heterocycles. The third kappa shape index (κ3) is 2.31. The Morgan fingerprint density at radius 1 is 1.28 bits per heavy atom. The van der Waals surface area contributed by atoms with Crippen LogP contribution < -0.4 is 5.56 Å². The van der Waals surface area contributed by atoms with Gasteiger partial charge in [-0.15, -0.1) is 0 Å². The summed E-state index contributed by atoms with van der Waals surface area (Å²) in [4.78, 5) is 19.2. The lowest BCUT2D eigenvalue weighted by molar-refractivity contribution is 0.765. The lowest BCUT2D eigenvalue weighted by Gasteiger charge is -2.10. The van der Waals surface area contributed by atoms with Gasteiger partial charge >= 0.3 is 0 Å². The van der Waals surface area contributed by atoms with Crippen molar-refractivity contribution in [1.29, 1.82) is 0 Å². The number of halogens is 1. The molecule has 0 unspecified atom stereocenters. The van der Waals surface area contributed by atoms with Crippen molar-refractivity contribution < 1.29 is 0 Å². The average Bonchev–Trinajstić information content (AvgIpc) is 2.33. The van der Waals surface area contributed by atoms with E-state index < -0.39 is 0 Å². The van der Waals surface area contributed by atoms with E-state index in [1.807, 2.05) is 32.0 Å². The van der Waals surface area contributed by atoms with E-state index in [-0.39, 0.29) is 11.5 Å². The van der Waals surface area contributed by atoms with Crippen LogP contribution in [0.4, 0.5) is 0 Å². The zero-order chi connectivity index (χ0) is 13.3. The van der Waals surface area contributed by atoms with Gasteiger partial charge in [-0.05, 0) is 13.0 Å². The van der Waals surface area contributed by atoms with E-state index in [2.05, 4.69) is 9.97 Å². The third-order valence-electron chi connectivity index (χ3n) is 2.85. The first-order valence-corrected chi connectivity index (χ1v) is 6.24. The quantitative estimate of drug-likeness (QED) is 0.900. The summed E-state index contributed by atoms with van der Waals surface area (Å²) in [6.07, 6.45) is 0. The first-order valence-electron chi connectivity index (χ1n) is 5.86. The summed E-state index contributed by atoms with van der Waals surface area (Å²) < 4.78 is 0. The summed E-state index contributed by atoms with van der Waals surface area (Å²) >= 11 is 6.16. The van der Waals surface area contributed by atoms with Crippen LogP contribution >= 0.6 is 11.6 Å². The second-order valence-electron chi connectivity index (χ2n) is 4.56. The molecule has 2 rings (SSSR count). The first kappa shape index (κ1) is 12.8. The molecule has 0 aliphatic heterocycles. The smallest absolute Gasteiger partial charge is 0.254 e. The minimum absolute atomic E-state index is 0.108. The largest absolute Gasteiger partial charge is 0.310 e. The van der Waals surface area contributed by atoms with Crippen molar-refractivity contribution in [3.8, 4) is 11.3 Å². The molecule has 1 aromatic carbocycles. The number of aromatic nitrogens is 2. The van der Waals surface area contributed by atoms with Gasteiger partial charge in [0.25, 0.3) is 5.56 Å². The third-order valence-corrected chi connectivity index (χ3v) is 3.18. The molecule has 0 saturated heterocycles. The topological polar surface area (TPSA) is 45.8 Å². The van der Waals surface area contributed by atoms with Gasteiger partial charge < -0.3 is 4.98 Å². The molecule has 0 spiro atoms. The molecule has 0 aliphatic rings. The van der Waals surface area contributed by atoms with Gasteiger partial charge in [-0.3, -0.25) is 4.79 Å². The number of hydrogen-bond donors (Lipinski definition) is 1. The minimum Gasteiger partial charge on any atom is -0.310 e. The van der Waals surface area contributed by atoms with Gasteiger partial charge in [-0.1, -0.05) is 43.6 Å². The molecule has 0 amide bonds. The van der Waals surface area contributed by atoms with Gasteiger partial charge in [0.1, 0.15) is 5.82 Å². The van der Waals surface area contributed by atoms with Gasteiger partial charge in [0.05, 0.1) is 5.69 Å². The molecule has 0 radical (unpaired) electrons. The van der Waals surface area contributed by atoms with Crippen LogP contribution in [0.2, 0.25) is 5.02 Å². The molecule has 4 heteroatoms. The van der Waals surface area contributed by atoms with Crippen LogP contribution in [-0.4, -0.2) is 9.97 Å². The van der Waals surface area contributed by atoms with Crippen LogP contribution in [0.1, 0.15) is 31.2 Å². The molecule has 0 aliphatic carbocycles. The second-order valence-corrected chi connectivity index (χ2v) is 4.97. The summed E-state index contributed by atoms with van der Waals surface area (Å²) in [7, 11) is 0. The highest BCUT2D eigenvalue weighted by molar-refractivity contribution is 6.33. The van der Waals surface area contributed by atoms with Crippen molar-refractivity contribution in [1.82, 2.24) is 9.97 Å². The highest BCUT2D eigenvalue weighted by atomic mass is 35.5. The Balaban J connectivity index is 2.71. The summed E-state index contributed by atoms with van der Waals surface area (Å²) in [5.41, 5.74) is 1.94. The van der Waals surface area contributed by atoms with E-state index >= 15 is 0 Å². The Morgan fingerprint density at radius 2 is 1.94 bits per heavy atom. The van der Waals surface area contributed by atoms with E-state index in [1.165, 1.54) is 0 Å². The normalized spacial score (nSPS) is 10.9. The summed E-state index contributed by atoms with van der Waals surface area (Å²) in [5, 5.41) is 0.605. The van der Waals surface area contributed by atoms with Gasteiger partial charge in [0, 0.05) is 22.1 Å². The molecule has 0 atom stereocenters. The van der Waals surface area contributed by atoms with Crippen molar-refractivity contribution in [2.24, 2.45) is 0 Å². The maximum Gasteiger partial charge on any atom is 0.254 e. The fourth-order valence-corrected chi connectivity index (χ4v) is 1.96. The van der Waals surface area contributed by atoms with E-state index in [1.54, 1.807) is 13.0 Å². The van der Waals surface area contributed by atoms with Crippen LogP contribution in [-0.2, 0) is 0 Å². The Morgan fingerprint density at radius 3 is 2.56 bits per heavy atom. The van der Waals surface area contributed by atoms with Gasteiger partial charge in [-0.2, -0.15) is 0 Å². The lowest BCUT2D eigenvalue weighted by atomic mass is 10.1. The number of aromatic amines is 1. The number of nitrogens with one attached hydrogen (secondary N) is 1. The first-order chi connectivity index (χ1) is 8.50. The molecular formula is C14H15ClN2O. The zero-order valence-corrected chi connectivity index (χ0v) is 11.4. The monoisotopic (exact) mass is 262 g/mol. The molecule has 1 N–H and O–H groups in total. The molecule has 18 heavy (non-hydrogen) atoms. The van der Waals surface area contributed by atoms with Gasteiger partial charge in [0.15, 0.2) is 0 Å². The maximum atomic E-state index is 11.9. The number of H-pyrrole nitrogens is 1. The van der Waals surface area contributed by atoms with Crippen LogP contribution in [0, 0.1) is 6.92 Å². The van der Waals surface area contributed by atoms with Crippen molar-refractivity contribution >= 4 is 11.6 Å². The Kier molecular flexibility index (Phi) is 3.53. The van der Waals surface area contributed by atoms with Gasteiger partial charge in [0.2, 0.25) is 0 Å². The molecule has 1 heterocycles. The second kappa shape index (κ2) is 4.94. The summed E-state index contributed by atoms with van der Waals surface area (Å²) in [6.45, 7) is 5.74. The molecule has 0 bridgehead atoms. The zero-order valence-electron chi connectivity index (χ0n) is 10.6. The fraction of sp³-hybridized carbons (Fsp3) is 0.286. The van der Waals surface area contributed by atoms with E-state index in [0.717, 1.165) is 5.56 Å². The van der Waals surface area contributed by atoms with Crippen LogP contribution in [0.5, 0.6) is 0 Å². The number of rotatable bonds is 2. The predicted octanol–water partition coefficient (Wildman–Crippen LogP) is 3.52. The standard InChI is InChI=1S/C14H15ClN2O/c1-8(2)13-16-12(9(3)14(18)17-13)10-6-4-5-7-11(10)15/h4-8H,1-3H3,(H,16,17,18). The van der Waals surface area contributed by atoms with Crippen molar-refractivity contribution in [3.63, 3.8) is 0 Å². The molecule has 94 valence electrons. The van der Waals surface area contributed by atoms with Crippen LogP contribution in [0.15, 0.2) is 29.1 Å². The van der Waals surface area contributed by atoms with Crippen molar-refractivity contribution in [2.45, 2.75) is 26.7 Å². The van der Waals surface area contributed by atoms with E-state index in [9.17, 15) is 4.79 Å². The Hall–Kier alpha value is -1.61. The average molecular weight is 263 g/mol. The molecular weight excluding hydrogens is 248 g/mol. The number of nitrogens with zero attached hydrogens (tertiary/aromatic N) is 1. The fourth-order valence-electron chi connectivity index (χ4n) is 1.74. The minimum atomic E-state index is -0.108. The molecule has 0 fully saturated rings. The van der Waals surface area contributed by atoms with E-state index in [4.69, 9.17) is 11.6 Å². The number of benzene rings is 1. The molecule has 3 nitrogen and oxygen atoms in total. The van der Waals surface area contributed by atoms with Crippen LogP contribution in [0.3, 0.4) is 0 Å². The number of hydrogen-bond acceptors (Lipinski definition) is 2. The van der Waals surface area contributed by atoms with Crippen LogP contribution in [0.25, 0.3) is 11.3 Å². The Labute approximate surface area is 111 Å². The van der Waals surface area contributed by atoms with Crippen molar-refractivity contribution in [3.05, 3.63) is 51.0 Å². The summed E-state index contributed by atoms with van der Waals surface area (Å²) in [6, 6.07) is 7.42. The highest BCUT2D eigenvalue weighted by Crippen LogP contribution is 2.27. The molecule has 0 saturated carbocycles. The van der Waals surface area contributed by atoms with Gasteiger partial charge in [-0.25, -0.2) is 4.98 Å². The highest BCUT2D eigenvalue weighted by Gasteiger charge is 2.13. The summed E-state index contributed by atoms with van der Waals surface area (Å²) in [5.74, 6) is 0.847. The van der Waals surface area contributed by atoms with E-state index in [0.29, 0.717) is 22.1 Å². The lowest BCUT2D eigenvalue weighted by Crippen LogP contribution is -2.17. The maximum absolute atomic E-state index is 11.9. The molecule has 2 aromatic rings. The predicted molar refractivity (Wildman–Crippen MR) is 74.1 cm³/mol. The SMILES string of the molecule is Cc1c(-c2ccccc2Cl)nc(C(C)C)[nH]c1=O. The van der Waals surface area contributed by atoms with Crippen molar-refractivity contribution in [2.75, 3.05) is 0 Å².